The first kappa shape index (κ1) is 19.2. The van der Waals surface area contributed by atoms with Crippen molar-refractivity contribution in [2.24, 2.45) is 0 Å². The number of para-hydroxylation sites is 1. The molecule has 2 aromatic carbocycles. The van der Waals surface area contributed by atoms with E-state index in [-0.39, 0.29) is 6.10 Å². The first-order valence-corrected chi connectivity index (χ1v) is 10.5. The third kappa shape index (κ3) is 4.71. The van der Waals surface area contributed by atoms with Gasteiger partial charge in [0.25, 0.3) is 0 Å². The third-order valence-electron chi connectivity index (χ3n) is 5.36. The minimum absolute atomic E-state index is 0.230. The van der Waals surface area contributed by atoms with Crippen molar-refractivity contribution >= 4 is 5.82 Å². The molecule has 0 saturated carbocycles. The summed E-state index contributed by atoms with van der Waals surface area (Å²) in [6, 6.07) is 23.9. The second kappa shape index (κ2) is 8.95. The van der Waals surface area contributed by atoms with Crippen LogP contribution in [0.25, 0.3) is 11.5 Å². The summed E-state index contributed by atoms with van der Waals surface area (Å²) in [5.74, 6) is 2.80. The standard InChI is InChI=1S/C24H23N5O2/c1-3-7-18(8-4-1)17-23-25-24(28-31-23)21-11-12-22(27-26-21)29-15-13-20(14-16-29)30-19-9-5-2-6-10-19/h1-12,20H,13-17H2. The van der Waals surface area contributed by atoms with Gasteiger partial charge < -0.3 is 14.2 Å². The Morgan fingerprint density at radius 2 is 1.61 bits per heavy atom. The molecule has 7 heteroatoms. The van der Waals surface area contributed by atoms with E-state index in [9.17, 15) is 0 Å². The van der Waals surface area contributed by atoms with Crippen LogP contribution < -0.4 is 9.64 Å². The number of anilines is 1. The molecule has 1 saturated heterocycles. The quantitative estimate of drug-likeness (QED) is 0.470. The zero-order valence-electron chi connectivity index (χ0n) is 17.1. The van der Waals surface area contributed by atoms with Gasteiger partial charge in [0, 0.05) is 25.9 Å². The molecular formula is C24H23N5O2. The molecule has 1 fully saturated rings. The number of nitrogens with zero attached hydrogens (tertiary/aromatic N) is 5. The van der Waals surface area contributed by atoms with Crippen molar-refractivity contribution in [3.8, 4) is 17.3 Å². The second-order valence-corrected chi connectivity index (χ2v) is 7.57. The molecule has 0 atom stereocenters. The number of aromatic nitrogens is 4. The van der Waals surface area contributed by atoms with E-state index in [1.165, 1.54) is 0 Å². The van der Waals surface area contributed by atoms with Crippen LogP contribution in [0.3, 0.4) is 0 Å². The molecule has 0 unspecified atom stereocenters. The highest BCUT2D eigenvalue weighted by atomic mass is 16.5. The summed E-state index contributed by atoms with van der Waals surface area (Å²) in [4.78, 5) is 6.69. The van der Waals surface area contributed by atoms with Crippen LogP contribution in [0, 0.1) is 0 Å². The van der Waals surface area contributed by atoms with E-state index in [0.29, 0.717) is 23.8 Å². The van der Waals surface area contributed by atoms with Crippen molar-refractivity contribution in [2.45, 2.75) is 25.4 Å². The smallest absolute Gasteiger partial charge is 0.231 e. The van der Waals surface area contributed by atoms with Crippen molar-refractivity contribution in [3.63, 3.8) is 0 Å². The van der Waals surface area contributed by atoms with E-state index in [2.05, 4.69) is 25.2 Å². The summed E-state index contributed by atoms with van der Waals surface area (Å²) in [5, 5.41) is 12.8. The summed E-state index contributed by atoms with van der Waals surface area (Å²) in [7, 11) is 0. The number of ether oxygens (including phenoxy) is 1. The van der Waals surface area contributed by atoms with Gasteiger partial charge >= 0.3 is 0 Å². The van der Waals surface area contributed by atoms with Crippen LogP contribution in [-0.4, -0.2) is 39.5 Å². The highest BCUT2D eigenvalue weighted by Gasteiger charge is 2.22. The SMILES string of the molecule is c1ccc(Cc2nc(-c3ccc(N4CCC(Oc5ccccc5)CC4)nn3)no2)cc1. The Hall–Kier alpha value is -3.74. The molecule has 7 nitrogen and oxygen atoms in total. The fourth-order valence-electron chi connectivity index (χ4n) is 3.71. The largest absolute Gasteiger partial charge is 0.490 e. The molecule has 5 rings (SSSR count). The van der Waals surface area contributed by atoms with Crippen LogP contribution in [0.1, 0.15) is 24.3 Å². The Labute approximate surface area is 180 Å². The van der Waals surface area contributed by atoms with E-state index in [0.717, 1.165) is 43.1 Å². The average Bonchev–Trinajstić information content (AvgIpc) is 3.30. The van der Waals surface area contributed by atoms with E-state index in [4.69, 9.17) is 9.26 Å². The number of piperidine rings is 1. The molecule has 0 radical (unpaired) electrons. The van der Waals surface area contributed by atoms with Crippen molar-refractivity contribution in [1.82, 2.24) is 20.3 Å². The van der Waals surface area contributed by atoms with Crippen molar-refractivity contribution in [1.29, 1.82) is 0 Å². The van der Waals surface area contributed by atoms with Crippen LogP contribution in [-0.2, 0) is 6.42 Å². The van der Waals surface area contributed by atoms with Crippen molar-refractivity contribution < 1.29 is 9.26 Å². The monoisotopic (exact) mass is 413 g/mol. The molecule has 0 amide bonds. The minimum atomic E-state index is 0.230. The first-order valence-electron chi connectivity index (χ1n) is 10.5. The Kier molecular flexibility index (Phi) is 5.56. The molecule has 4 aromatic rings. The molecular weight excluding hydrogens is 390 g/mol. The molecule has 0 bridgehead atoms. The van der Waals surface area contributed by atoms with Crippen LogP contribution in [0.4, 0.5) is 5.82 Å². The molecule has 1 aliphatic rings. The Morgan fingerprint density at radius 1 is 0.871 bits per heavy atom. The summed E-state index contributed by atoms with van der Waals surface area (Å²) in [6.07, 6.45) is 2.73. The number of hydrogen-bond acceptors (Lipinski definition) is 7. The van der Waals surface area contributed by atoms with Gasteiger partial charge in [-0.1, -0.05) is 53.7 Å². The predicted octanol–water partition coefficient (Wildman–Crippen LogP) is 4.17. The lowest BCUT2D eigenvalue weighted by atomic mass is 10.1. The maximum atomic E-state index is 6.07. The maximum absolute atomic E-state index is 6.07. The van der Waals surface area contributed by atoms with Gasteiger partial charge in [-0.2, -0.15) is 4.98 Å². The van der Waals surface area contributed by atoms with Gasteiger partial charge in [-0.3, -0.25) is 0 Å². The van der Waals surface area contributed by atoms with Gasteiger partial charge in [0.1, 0.15) is 17.5 Å². The van der Waals surface area contributed by atoms with E-state index in [1.807, 2.05) is 72.8 Å². The molecule has 156 valence electrons. The van der Waals surface area contributed by atoms with Crippen LogP contribution in [0.15, 0.2) is 77.3 Å². The molecule has 31 heavy (non-hydrogen) atoms. The highest BCUT2D eigenvalue weighted by molar-refractivity contribution is 5.50. The van der Waals surface area contributed by atoms with Crippen LogP contribution in [0.5, 0.6) is 5.75 Å². The molecule has 1 aliphatic heterocycles. The topological polar surface area (TPSA) is 77.2 Å². The predicted molar refractivity (Wildman–Crippen MR) is 117 cm³/mol. The fraction of sp³-hybridized carbons (Fsp3) is 0.250. The van der Waals surface area contributed by atoms with Gasteiger partial charge in [-0.15, -0.1) is 10.2 Å². The van der Waals surface area contributed by atoms with Gasteiger partial charge in [0.05, 0.1) is 6.42 Å². The third-order valence-corrected chi connectivity index (χ3v) is 5.36. The van der Waals surface area contributed by atoms with Gasteiger partial charge in [-0.25, -0.2) is 0 Å². The van der Waals surface area contributed by atoms with Crippen molar-refractivity contribution in [2.75, 3.05) is 18.0 Å². The van der Waals surface area contributed by atoms with E-state index < -0.39 is 0 Å². The Balaban J connectivity index is 1.18. The minimum Gasteiger partial charge on any atom is -0.490 e. The van der Waals surface area contributed by atoms with E-state index in [1.54, 1.807) is 0 Å². The molecule has 0 spiro atoms. The zero-order chi connectivity index (χ0) is 20.9. The Morgan fingerprint density at radius 3 is 2.32 bits per heavy atom. The zero-order valence-corrected chi connectivity index (χ0v) is 17.1. The van der Waals surface area contributed by atoms with Gasteiger partial charge in [0.15, 0.2) is 5.82 Å². The second-order valence-electron chi connectivity index (χ2n) is 7.57. The number of benzene rings is 2. The number of rotatable bonds is 6. The summed E-state index contributed by atoms with van der Waals surface area (Å²) in [6.45, 7) is 1.77. The van der Waals surface area contributed by atoms with E-state index >= 15 is 0 Å². The average molecular weight is 413 g/mol. The normalized spacial score (nSPS) is 14.5. The summed E-state index contributed by atoms with van der Waals surface area (Å²) < 4.78 is 11.4. The molecule has 3 heterocycles. The van der Waals surface area contributed by atoms with Gasteiger partial charge in [-0.05, 0) is 29.8 Å². The van der Waals surface area contributed by atoms with Crippen LogP contribution >= 0.6 is 0 Å². The lowest BCUT2D eigenvalue weighted by molar-refractivity contribution is 0.170. The lowest BCUT2D eigenvalue weighted by Crippen LogP contribution is -2.38. The molecule has 0 aliphatic carbocycles. The summed E-state index contributed by atoms with van der Waals surface area (Å²) in [5.41, 5.74) is 1.73. The highest BCUT2D eigenvalue weighted by Crippen LogP contribution is 2.23. The Bertz CT molecular complexity index is 1090. The summed E-state index contributed by atoms with van der Waals surface area (Å²) >= 11 is 0. The molecule has 2 aromatic heterocycles. The fourth-order valence-corrected chi connectivity index (χ4v) is 3.71. The lowest BCUT2D eigenvalue weighted by Gasteiger charge is -2.32. The van der Waals surface area contributed by atoms with Crippen LogP contribution in [0.2, 0.25) is 0 Å². The maximum Gasteiger partial charge on any atom is 0.231 e. The molecule has 0 N–H and O–H groups in total. The van der Waals surface area contributed by atoms with Crippen molar-refractivity contribution in [3.05, 3.63) is 84.3 Å². The first-order chi connectivity index (χ1) is 15.3. The number of hydrogen-bond donors (Lipinski definition) is 0. The van der Waals surface area contributed by atoms with Gasteiger partial charge in [0.2, 0.25) is 11.7 Å².